The third-order valence-corrected chi connectivity index (χ3v) is 3.81. The normalized spacial score (nSPS) is 11.2. The van der Waals surface area contributed by atoms with Gasteiger partial charge in [0.1, 0.15) is 23.5 Å². The van der Waals surface area contributed by atoms with Crippen molar-refractivity contribution >= 4 is 23.2 Å². The minimum atomic E-state index is -4.60. The minimum Gasteiger partial charge on any atom is -0.327 e. The van der Waals surface area contributed by atoms with Gasteiger partial charge >= 0.3 is 6.18 Å². The quantitative estimate of drug-likeness (QED) is 0.708. The third-order valence-electron chi connectivity index (χ3n) is 3.23. The van der Waals surface area contributed by atoms with E-state index in [1.54, 1.807) is 12.1 Å². The highest BCUT2D eigenvalue weighted by molar-refractivity contribution is 6.37. The van der Waals surface area contributed by atoms with Crippen LogP contribution in [0.15, 0.2) is 18.3 Å². The summed E-state index contributed by atoms with van der Waals surface area (Å²) in [7, 11) is 0. The molecule has 0 bridgehead atoms. The maximum absolute atomic E-state index is 12.8. The Bertz CT molecular complexity index is 1030. The van der Waals surface area contributed by atoms with E-state index in [1.165, 1.54) is 6.20 Å². The van der Waals surface area contributed by atoms with Crippen molar-refractivity contribution < 1.29 is 13.2 Å². The van der Waals surface area contributed by atoms with E-state index in [2.05, 4.69) is 20.3 Å². The van der Waals surface area contributed by atoms with Gasteiger partial charge < -0.3 is 4.98 Å². The molecule has 0 unspecified atom stereocenters. The third kappa shape index (κ3) is 3.08. The summed E-state index contributed by atoms with van der Waals surface area (Å²) in [5.41, 5.74) is -1.05. The van der Waals surface area contributed by atoms with E-state index >= 15 is 0 Å². The smallest absolute Gasteiger partial charge is 0.327 e. The lowest BCUT2D eigenvalue weighted by molar-refractivity contribution is -0.137. The second kappa shape index (κ2) is 6.33. The zero-order valence-corrected chi connectivity index (χ0v) is 13.8. The number of nitrogens with zero attached hydrogens (tertiary/aromatic N) is 6. The van der Waals surface area contributed by atoms with E-state index in [9.17, 15) is 13.2 Å². The summed E-state index contributed by atoms with van der Waals surface area (Å²) in [5.74, 6) is 0.0866. The number of nitrogens with one attached hydrogen (secondary N) is 1. The van der Waals surface area contributed by atoms with Crippen molar-refractivity contribution in [3.8, 4) is 29.3 Å². The predicted octanol–water partition coefficient (Wildman–Crippen LogP) is 3.73. The summed E-state index contributed by atoms with van der Waals surface area (Å²) in [4.78, 5) is 6.49. The molecule has 0 fully saturated rings. The molecule has 0 amide bonds. The molecule has 12 heteroatoms. The lowest BCUT2D eigenvalue weighted by Crippen LogP contribution is -2.07. The second-order valence-corrected chi connectivity index (χ2v) is 5.68. The van der Waals surface area contributed by atoms with Crippen molar-refractivity contribution in [3.63, 3.8) is 0 Å². The molecule has 0 radical (unpaired) electrons. The average Bonchev–Trinajstić information content (AvgIpc) is 3.19. The number of aromatic nitrogens is 5. The topological polar surface area (TPSA) is 107 Å². The van der Waals surface area contributed by atoms with Crippen molar-refractivity contribution in [2.24, 2.45) is 0 Å². The summed E-state index contributed by atoms with van der Waals surface area (Å²) in [6, 6.07) is 4.96. The van der Waals surface area contributed by atoms with Crippen LogP contribution in [0.4, 0.5) is 13.2 Å². The van der Waals surface area contributed by atoms with Crippen molar-refractivity contribution in [2.45, 2.75) is 6.18 Å². The molecule has 0 aliphatic heterocycles. The zero-order chi connectivity index (χ0) is 19.1. The molecule has 0 aliphatic carbocycles. The fraction of sp³-hybridized carbons (Fsp3) is 0.0714. The number of alkyl halides is 3. The molecule has 130 valence electrons. The molecule has 2 heterocycles. The summed E-state index contributed by atoms with van der Waals surface area (Å²) >= 11 is 11.8. The highest BCUT2D eigenvalue weighted by Gasteiger charge is 2.32. The number of rotatable bonds is 2. The van der Waals surface area contributed by atoms with Gasteiger partial charge in [0, 0.05) is 0 Å². The molecule has 1 N–H and O–H groups in total. The van der Waals surface area contributed by atoms with Gasteiger partial charge in [-0.05, 0) is 12.1 Å². The van der Waals surface area contributed by atoms with Gasteiger partial charge in [-0.1, -0.05) is 28.4 Å². The van der Waals surface area contributed by atoms with Crippen LogP contribution in [0.1, 0.15) is 17.0 Å². The van der Waals surface area contributed by atoms with Crippen LogP contribution in [-0.4, -0.2) is 25.0 Å². The lowest BCUT2D eigenvalue weighted by Gasteiger charge is -2.11. The van der Waals surface area contributed by atoms with Gasteiger partial charge in [-0.15, -0.1) is 5.10 Å². The summed E-state index contributed by atoms with van der Waals surface area (Å²) in [6.07, 6.45) is -3.31. The van der Waals surface area contributed by atoms with Crippen LogP contribution in [0, 0.1) is 22.7 Å². The average molecular weight is 398 g/mol. The number of halogens is 5. The molecule has 0 atom stereocenters. The number of hydrogen-bond donors (Lipinski definition) is 1. The van der Waals surface area contributed by atoms with E-state index in [0.717, 1.165) is 16.8 Å². The van der Waals surface area contributed by atoms with E-state index in [-0.39, 0.29) is 38.6 Å². The molecule has 1 aromatic carbocycles. The molecule has 2 aromatic heterocycles. The molecule has 0 aliphatic rings. The molecule has 7 nitrogen and oxygen atoms in total. The maximum Gasteiger partial charge on any atom is 0.416 e. The van der Waals surface area contributed by atoms with Gasteiger partial charge in [-0.2, -0.15) is 23.7 Å². The fourth-order valence-electron chi connectivity index (χ4n) is 2.09. The van der Waals surface area contributed by atoms with Gasteiger partial charge in [-0.3, -0.25) is 0 Å². The molecule has 0 spiro atoms. The molecule has 0 saturated heterocycles. The first-order valence-corrected chi connectivity index (χ1v) is 7.39. The first kappa shape index (κ1) is 17.7. The van der Waals surface area contributed by atoms with E-state index in [1.807, 2.05) is 0 Å². The van der Waals surface area contributed by atoms with Crippen molar-refractivity contribution in [3.05, 3.63) is 45.3 Å². The summed E-state index contributed by atoms with van der Waals surface area (Å²) in [6.45, 7) is 0. The van der Waals surface area contributed by atoms with Crippen molar-refractivity contribution in [1.29, 1.82) is 10.5 Å². The number of H-pyrrole nitrogens is 1. The zero-order valence-electron chi connectivity index (χ0n) is 12.3. The van der Waals surface area contributed by atoms with Crippen molar-refractivity contribution in [2.75, 3.05) is 0 Å². The first-order valence-electron chi connectivity index (χ1n) is 6.64. The standard InChI is InChI=1S/C14H4Cl2F3N7/c15-7-1-6(14(17,18)19)2-8(16)12(7)26-5-11(24-25-26)13-22-9(3-20)10(4-21)23-13/h1-2,5H,(H,22,23). The first-order chi connectivity index (χ1) is 12.2. The SMILES string of the molecule is N#Cc1nc(-c2cn(-c3c(Cl)cc(C(F)(F)F)cc3Cl)nn2)[nH]c1C#N. The highest BCUT2D eigenvalue weighted by atomic mass is 35.5. The number of hydrogen-bond acceptors (Lipinski definition) is 5. The van der Waals surface area contributed by atoms with Gasteiger partial charge in [0.25, 0.3) is 0 Å². The van der Waals surface area contributed by atoms with E-state index in [4.69, 9.17) is 33.7 Å². The molecule has 3 aromatic rings. The Morgan fingerprint density at radius 1 is 1.12 bits per heavy atom. The molecular formula is C14H4Cl2F3N7. The van der Waals surface area contributed by atoms with Crippen LogP contribution >= 0.6 is 23.2 Å². The number of nitriles is 2. The van der Waals surface area contributed by atoms with Crippen LogP contribution in [0.25, 0.3) is 17.2 Å². The van der Waals surface area contributed by atoms with Gasteiger partial charge in [0.2, 0.25) is 0 Å². The Morgan fingerprint density at radius 2 is 1.77 bits per heavy atom. The van der Waals surface area contributed by atoms with Gasteiger partial charge in [0.05, 0.1) is 21.8 Å². The van der Waals surface area contributed by atoms with Gasteiger partial charge in [-0.25, -0.2) is 9.67 Å². The Morgan fingerprint density at radius 3 is 2.27 bits per heavy atom. The maximum atomic E-state index is 12.8. The van der Waals surface area contributed by atoms with Crippen LogP contribution in [0.3, 0.4) is 0 Å². The summed E-state index contributed by atoms with van der Waals surface area (Å²) < 4.78 is 39.5. The van der Waals surface area contributed by atoms with Crippen molar-refractivity contribution in [1.82, 2.24) is 25.0 Å². The molecule has 26 heavy (non-hydrogen) atoms. The Kier molecular flexibility index (Phi) is 4.32. The Labute approximate surface area is 153 Å². The van der Waals surface area contributed by atoms with E-state index < -0.39 is 11.7 Å². The van der Waals surface area contributed by atoms with Crippen LogP contribution in [-0.2, 0) is 6.18 Å². The fourth-order valence-corrected chi connectivity index (χ4v) is 2.75. The number of imidazole rings is 1. The molecular weight excluding hydrogens is 394 g/mol. The Hall–Kier alpha value is -3.08. The van der Waals surface area contributed by atoms with E-state index in [0.29, 0.717) is 0 Å². The van der Waals surface area contributed by atoms with Gasteiger partial charge in [0.15, 0.2) is 17.2 Å². The predicted molar refractivity (Wildman–Crippen MR) is 83.4 cm³/mol. The highest BCUT2D eigenvalue weighted by Crippen LogP contribution is 2.37. The van der Waals surface area contributed by atoms with Crippen LogP contribution in [0.5, 0.6) is 0 Å². The largest absolute Gasteiger partial charge is 0.416 e. The Balaban J connectivity index is 2.05. The number of aromatic amines is 1. The number of benzene rings is 1. The second-order valence-electron chi connectivity index (χ2n) is 4.87. The summed E-state index contributed by atoms with van der Waals surface area (Å²) in [5, 5.41) is 24.8. The molecule has 0 saturated carbocycles. The van der Waals surface area contributed by atoms with Crippen LogP contribution < -0.4 is 0 Å². The van der Waals surface area contributed by atoms with Crippen LogP contribution in [0.2, 0.25) is 10.0 Å². The monoisotopic (exact) mass is 397 g/mol. The minimum absolute atomic E-state index is 0.00680. The lowest BCUT2D eigenvalue weighted by atomic mass is 10.2. The molecule has 3 rings (SSSR count).